The maximum absolute atomic E-state index is 4.20. The smallest absolute Gasteiger partial charge is 0.0794 e. The maximum Gasteiger partial charge on any atom is 0.0794 e. The lowest BCUT2D eigenvalue weighted by Crippen LogP contribution is -2.21. The van der Waals surface area contributed by atoms with Gasteiger partial charge in [-0.1, -0.05) is 25.1 Å². The second-order valence-electron chi connectivity index (χ2n) is 4.34. The largest absolute Gasteiger partial charge is 0.306 e. The Morgan fingerprint density at radius 2 is 2.16 bits per heavy atom. The zero-order valence-electron chi connectivity index (χ0n) is 10.7. The number of hydrogen-bond acceptors (Lipinski definition) is 4. The summed E-state index contributed by atoms with van der Waals surface area (Å²) in [5.74, 6) is 0. The molecule has 0 aliphatic rings. The Morgan fingerprint density at radius 1 is 1.21 bits per heavy atom. The molecule has 3 nitrogen and oxygen atoms in total. The van der Waals surface area contributed by atoms with Crippen LogP contribution >= 0.6 is 11.3 Å². The molecule has 1 aromatic carbocycles. The molecule has 0 saturated heterocycles. The average Bonchev–Trinajstić information content (AvgIpc) is 2.98. The van der Waals surface area contributed by atoms with Gasteiger partial charge in [0, 0.05) is 28.9 Å². The Labute approximate surface area is 116 Å². The van der Waals surface area contributed by atoms with Gasteiger partial charge in [-0.15, -0.1) is 11.3 Å². The molecule has 19 heavy (non-hydrogen) atoms. The van der Waals surface area contributed by atoms with Gasteiger partial charge in [0.15, 0.2) is 0 Å². The Balaban J connectivity index is 2.15. The van der Waals surface area contributed by atoms with Gasteiger partial charge >= 0.3 is 0 Å². The summed E-state index contributed by atoms with van der Waals surface area (Å²) in [7, 11) is 0. The van der Waals surface area contributed by atoms with E-state index >= 15 is 0 Å². The lowest BCUT2D eigenvalue weighted by atomic mass is 9.99. The minimum atomic E-state index is 0.198. The highest BCUT2D eigenvalue weighted by Crippen LogP contribution is 2.30. The molecule has 0 aliphatic carbocycles. The molecule has 3 rings (SSSR count). The summed E-state index contributed by atoms with van der Waals surface area (Å²) in [6, 6.07) is 8.64. The van der Waals surface area contributed by atoms with Gasteiger partial charge in [0.1, 0.15) is 0 Å². The van der Waals surface area contributed by atoms with E-state index in [0.717, 1.165) is 6.54 Å². The molecule has 0 spiro atoms. The van der Waals surface area contributed by atoms with Gasteiger partial charge in [-0.3, -0.25) is 9.97 Å². The highest BCUT2D eigenvalue weighted by molar-refractivity contribution is 7.09. The second-order valence-corrected chi connectivity index (χ2v) is 5.26. The maximum atomic E-state index is 4.20. The van der Waals surface area contributed by atoms with E-state index in [1.165, 1.54) is 21.2 Å². The fraction of sp³-hybridized carbons (Fsp3) is 0.200. The highest BCUT2D eigenvalue weighted by Gasteiger charge is 2.16. The Hall–Kier alpha value is -1.78. The SMILES string of the molecule is CCNC(c1cncs1)c1cccc2cnccc12. The van der Waals surface area contributed by atoms with Gasteiger partial charge in [0.25, 0.3) is 0 Å². The number of rotatable bonds is 4. The predicted molar refractivity (Wildman–Crippen MR) is 79.4 cm³/mol. The van der Waals surface area contributed by atoms with Gasteiger partial charge < -0.3 is 5.32 Å². The van der Waals surface area contributed by atoms with E-state index in [9.17, 15) is 0 Å². The van der Waals surface area contributed by atoms with Gasteiger partial charge in [0.05, 0.1) is 11.6 Å². The molecule has 3 aromatic rings. The number of pyridine rings is 1. The van der Waals surface area contributed by atoms with Gasteiger partial charge in [-0.2, -0.15) is 0 Å². The molecular formula is C15H15N3S. The molecule has 0 radical (unpaired) electrons. The third-order valence-corrected chi connectivity index (χ3v) is 4.01. The van der Waals surface area contributed by atoms with Gasteiger partial charge in [-0.05, 0) is 23.6 Å². The van der Waals surface area contributed by atoms with E-state index in [1.807, 2.05) is 24.1 Å². The summed E-state index contributed by atoms with van der Waals surface area (Å²) in [6.45, 7) is 3.05. The minimum Gasteiger partial charge on any atom is -0.306 e. The van der Waals surface area contributed by atoms with Crippen molar-refractivity contribution in [1.82, 2.24) is 15.3 Å². The van der Waals surface area contributed by atoms with Crippen LogP contribution in [0.1, 0.15) is 23.4 Å². The van der Waals surface area contributed by atoms with Crippen LogP contribution in [0.15, 0.2) is 48.4 Å². The monoisotopic (exact) mass is 269 g/mol. The van der Waals surface area contributed by atoms with E-state index in [4.69, 9.17) is 0 Å². The van der Waals surface area contributed by atoms with E-state index in [0.29, 0.717) is 0 Å². The van der Waals surface area contributed by atoms with Crippen LogP contribution in [0.3, 0.4) is 0 Å². The van der Waals surface area contributed by atoms with Crippen LogP contribution in [0.5, 0.6) is 0 Å². The van der Waals surface area contributed by atoms with Gasteiger partial charge in [0.2, 0.25) is 0 Å². The van der Waals surface area contributed by atoms with Crippen molar-refractivity contribution in [2.45, 2.75) is 13.0 Å². The molecule has 1 N–H and O–H groups in total. The van der Waals surface area contributed by atoms with Crippen LogP contribution in [0, 0.1) is 0 Å². The van der Waals surface area contributed by atoms with Crippen molar-refractivity contribution in [3.63, 3.8) is 0 Å². The Morgan fingerprint density at radius 3 is 2.95 bits per heavy atom. The first-order valence-corrected chi connectivity index (χ1v) is 7.22. The predicted octanol–water partition coefficient (Wildman–Crippen LogP) is 3.39. The number of thiazole rings is 1. The van der Waals surface area contributed by atoms with Crippen LogP contribution in [-0.2, 0) is 0 Å². The summed E-state index contributed by atoms with van der Waals surface area (Å²) in [5.41, 5.74) is 3.16. The van der Waals surface area contributed by atoms with Crippen LogP contribution in [-0.4, -0.2) is 16.5 Å². The van der Waals surface area contributed by atoms with E-state index < -0.39 is 0 Å². The number of benzene rings is 1. The molecule has 4 heteroatoms. The number of fused-ring (bicyclic) bond motifs is 1. The standard InChI is InChI=1S/C15H15N3S/c1-2-18-15(14-9-17-10-19-14)13-5-3-4-11-8-16-7-6-12(11)13/h3-10,15,18H,2H2,1H3. The minimum absolute atomic E-state index is 0.198. The fourth-order valence-electron chi connectivity index (χ4n) is 2.34. The first-order valence-electron chi connectivity index (χ1n) is 6.34. The molecular weight excluding hydrogens is 254 g/mol. The average molecular weight is 269 g/mol. The van der Waals surface area contributed by atoms with Crippen molar-refractivity contribution >= 4 is 22.1 Å². The number of aromatic nitrogens is 2. The summed E-state index contributed by atoms with van der Waals surface area (Å²) in [4.78, 5) is 9.63. The number of nitrogens with one attached hydrogen (secondary N) is 1. The van der Waals surface area contributed by atoms with E-state index in [1.54, 1.807) is 11.3 Å². The first kappa shape index (κ1) is 12.3. The third-order valence-electron chi connectivity index (χ3n) is 3.17. The molecule has 0 aliphatic heterocycles. The number of hydrogen-bond donors (Lipinski definition) is 1. The van der Waals surface area contributed by atoms with Crippen molar-refractivity contribution in [2.24, 2.45) is 0 Å². The van der Waals surface area contributed by atoms with E-state index in [-0.39, 0.29) is 6.04 Å². The van der Waals surface area contributed by atoms with Crippen molar-refractivity contribution in [3.8, 4) is 0 Å². The first-order chi connectivity index (χ1) is 9.40. The molecule has 1 unspecified atom stereocenters. The second kappa shape index (κ2) is 5.47. The van der Waals surface area contributed by atoms with Crippen LogP contribution in [0.25, 0.3) is 10.8 Å². The summed E-state index contributed by atoms with van der Waals surface area (Å²) < 4.78 is 0. The fourth-order valence-corrected chi connectivity index (χ4v) is 3.05. The number of nitrogens with zero attached hydrogens (tertiary/aromatic N) is 2. The van der Waals surface area contributed by atoms with E-state index in [2.05, 4.69) is 46.5 Å². The quantitative estimate of drug-likeness (QED) is 0.789. The Kier molecular flexibility index (Phi) is 3.53. The molecule has 96 valence electrons. The normalized spacial score (nSPS) is 12.7. The molecule has 0 fully saturated rings. The summed E-state index contributed by atoms with van der Waals surface area (Å²) in [5, 5.41) is 5.96. The van der Waals surface area contributed by atoms with Crippen molar-refractivity contribution in [1.29, 1.82) is 0 Å². The lowest BCUT2D eigenvalue weighted by molar-refractivity contribution is 0.642. The van der Waals surface area contributed by atoms with Crippen LogP contribution in [0.2, 0.25) is 0 Å². The lowest BCUT2D eigenvalue weighted by Gasteiger charge is -2.18. The molecule has 2 heterocycles. The van der Waals surface area contributed by atoms with Crippen molar-refractivity contribution < 1.29 is 0 Å². The summed E-state index contributed by atoms with van der Waals surface area (Å²) in [6.07, 6.45) is 5.70. The van der Waals surface area contributed by atoms with Crippen molar-refractivity contribution in [3.05, 3.63) is 58.8 Å². The van der Waals surface area contributed by atoms with Gasteiger partial charge in [-0.25, -0.2) is 0 Å². The molecule has 1 atom stereocenters. The molecule has 2 aromatic heterocycles. The van der Waals surface area contributed by atoms with Crippen LogP contribution < -0.4 is 5.32 Å². The third kappa shape index (κ3) is 2.37. The molecule has 0 saturated carbocycles. The van der Waals surface area contributed by atoms with Crippen LogP contribution in [0.4, 0.5) is 0 Å². The molecule has 0 bridgehead atoms. The zero-order chi connectivity index (χ0) is 13.1. The highest BCUT2D eigenvalue weighted by atomic mass is 32.1. The molecule has 0 amide bonds. The zero-order valence-corrected chi connectivity index (χ0v) is 11.5. The van der Waals surface area contributed by atoms with Crippen molar-refractivity contribution in [2.75, 3.05) is 6.54 Å². The topological polar surface area (TPSA) is 37.8 Å². The Bertz CT molecular complexity index is 659. The summed E-state index contributed by atoms with van der Waals surface area (Å²) >= 11 is 1.69.